The van der Waals surface area contributed by atoms with E-state index in [1.54, 1.807) is 6.07 Å². The molecule has 0 amide bonds. The van der Waals surface area contributed by atoms with Crippen LogP contribution in [0.3, 0.4) is 0 Å². The van der Waals surface area contributed by atoms with Crippen LogP contribution in [0.15, 0.2) is 52.3 Å². The highest BCUT2D eigenvalue weighted by Gasteiger charge is 2.13. The molecule has 0 aliphatic rings. The number of benzene rings is 2. The van der Waals surface area contributed by atoms with Crippen LogP contribution in [-0.4, -0.2) is 5.54 Å². The van der Waals surface area contributed by atoms with Crippen molar-refractivity contribution < 1.29 is 4.39 Å². The van der Waals surface area contributed by atoms with Gasteiger partial charge in [-0.1, -0.05) is 35.5 Å². The van der Waals surface area contributed by atoms with Crippen molar-refractivity contribution in [2.45, 2.75) is 42.6 Å². The molecule has 0 spiro atoms. The zero-order valence-corrected chi connectivity index (χ0v) is 14.0. The Labute approximate surface area is 134 Å². The molecule has 0 fully saturated rings. The Morgan fingerprint density at radius 3 is 2.38 bits per heavy atom. The largest absolute Gasteiger partial charge is 0.308 e. The molecule has 2 aromatic rings. The van der Waals surface area contributed by atoms with Gasteiger partial charge in [-0.2, -0.15) is 0 Å². The number of hydrogen-bond acceptors (Lipinski definition) is 2. The van der Waals surface area contributed by atoms with Gasteiger partial charge in [0.2, 0.25) is 0 Å². The Bertz CT molecular complexity index is 605. The zero-order valence-electron chi connectivity index (χ0n) is 12.4. The van der Waals surface area contributed by atoms with Crippen molar-refractivity contribution in [1.82, 2.24) is 5.32 Å². The molecule has 0 aliphatic heterocycles. The molecule has 0 heterocycles. The Morgan fingerprint density at radius 1 is 1.10 bits per heavy atom. The van der Waals surface area contributed by atoms with Crippen molar-refractivity contribution in [3.8, 4) is 0 Å². The number of halogens is 2. The first-order valence-corrected chi connectivity index (χ1v) is 8.00. The van der Waals surface area contributed by atoms with Gasteiger partial charge in [0.25, 0.3) is 0 Å². The number of nitrogens with one attached hydrogen (secondary N) is 1. The van der Waals surface area contributed by atoms with Crippen molar-refractivity contribution in [2.24, 2.45) is 0 Å². The minimum atomic E-state index is -0.192. The lowest BCUT2D eigenvalue weighted by Gasteiger charge is -2.21. The van der Waals surface area contributed by atoms with Gasteiger partial charge in [-0.05, 0) is 56.7 Å². The number of hydrogen-bond donors (Lipinski definition) is 1. The molecule has 0 radical (unpaired) electrons. The van der Waals surface area contributed by atoms with E-state index < -0.39 is 0 Å². The molecular weight excluding hydrogens is 305 g/mol. The van der Waals surface area contributed by atoms with Crippen LogP contribution >= 0.6 is 23.4 Å². The Hall–Kier alpha value is -1.03. The van der Waals surface area contributed by atoms with E-state index in [9.17, 15) is 4.39 Å². The van der Waals surface area contributed by atoms with Crippen molar-refractivity contribution in [3.05, 3.63) is 58.9 Å². The molecular formula is C17H19ClFNS. The summed E-state index contributed by atoms with van der Waals surface area (Å²) in [5, 5.41) is 4.08. The van der Waals surface area contributed by atoms with E-state index in [2.05, 4.69) is 26.1 Å². The second kappa shape index (κ2) is 6.82. The third kappa shape index (κ3) is 5.03. The van der Waals surface area contributed by atoms with E-state index in [0.717, 1.165) is 10.5 Å². The molecule has 0 saturated heterocycles. The van der Waals surface area contributed by atoms with Gasteiger partial charge >= 0.3 is 0 Å². The Kier molecular flexibility index (Phi) is 5.31. The predicted molar refractivity (Wildman–Crippen MR) is 88.6 cm³/mol. The molecule has 112 valence electrons. The van der Waals surface area contributed by atoms with Crippen molar-refractivity contribution >= 4 is 23.4 Å². The average Bonchev–Trinajstić information content (AvgIpc) is 2.41. The van der Waals surface area contributed by atoms with Gasteiger partial charge in [0, 0.05) is 22.0 Å². The zero-order chi connectivity index (χ0) is 15.5. The predicted octanol–water partition coefficient (Wildman–Crippen LogP) is 5.52. The van der Waals surface area contributed by atoms with E-state index in [1.807, 2.05) is 30.3 Å². The van der Waals surface area contributed by atoms with E-state index >= 15 is 0 Å². The van der Waals surface area contributed by atoms with Gasteiger partial charge in [0.15, 0.2) is 0 Å². The fraction of sp³-hybridized carbons (Fsp3) is 0.294. The molecule has 2 rings (SSSR count). The second-order valence-corrected chi connectivity index (χ2v) is 7.41. The summed E-state index contributed by atoms with van der Waals surface area (Å²) in [4.78, 5) is 1.64. The van der Waals surface area contributed by atoms with Gasteiger partial charge in [0.1, 0.15) is 5.82 Å². The molecule has 1 N–H and O–H groups in total. The number of rotatable bonds is 4. The molecule has 0 aliphatic carbocycles. The maximum Gasteiger partial charge on any atom is 0.137 e. The third-order valence-corrected chi connectivity index (χ3v) is 4.31. The summed E-state index contributed by atoms with van der Waals surface area (Å²) in [7, 11) is 0. The first kappa shape index (κ1) is 16.3. The van der Waals surface area contributed by atoms with Crippen LogP contribution in [0.4, 0.5) is 4.39 Å². The van der Waals surface area contributed by atoms with Gasteiger partial charge in [-0.25, -0.2) is 4.39 Å². The van der Waals surface area contributed by atoms with E-state index in [1.165, 1.54) is 17.8 Å². The van der Waals surface area contributed by atoms with Crippen LogP contribution in [0, 0.1) is 5.82 Å². The molecule has 0 saturated carbocycles. The van der Waals surface area contributed by atoms with E-state index in [0.29, 0.717) is 16.5 Å². The van der Waals surface area contributed by atoms with Gasteiger partial charge in [-0.3, -0.25) is 0 Å². The standard InChI is InChI=1S/C17H19ClFNS/c1-17(2,3)20-11-12-5-4-6-15(19)16(12)21-14-9-7-13(18)8-10-14/h4-10,20H,11H2,1-3H3. The van der Waals surface area contributed by atoms with Crippen LogP contribution < -0.4 is 5.32 Å². The molecule has 0 unspecified atom stereocenters. The van der Waals surface area contributed by atoms with Crippen molar-refractivity contribution in [2.75, 3.05) is 0 Å². The quantitative estimate of drug-likeness (QED) is 0.795. The Balaban J connectivity index is 2.23. The minimum Gasteiger partial charge on any atom is -0.308 e. The molecule has 1 nitrogen and oxygen atoms in total. The van der Waals surface area contributed by atoms with Crippen molar-refractivity contribution in [1.29, 1.82) is 0 Å². The molecule has 21 heavy (non-hydrogen) atoms. The van der Waals surface area contributed by atoms with Crippen LogP contribution in [0.1, 0.15) is 26.3 Å². The lowest BCUT2D eigenvalue weighted by Crippen LogP contribution is -2.35. The normalized spacial score (nSPS) is 11.7. The van der Waals surface area contributed by atoms with E-state index in [-0.39, 0.29) is 11.4 Å². The molecule has 4 heteroatoms. The highest BCUT2D eigenvalue weighted by atomic mass is 35.5. The summed E-state index contributed by atoms with van der Waals surface area (Å²) < 4.78 is 14.2. The second-order valence-electron chi connectivity index (χ2n) is 5.89. The van der Waals surface area contributed by atoms with Crippen LogP contribution in [0.5, 0.6) is 0 Å². The monoisotopic (exact) mass is 323 g/mol. The highest BCUT2D eigenvalue weighted by molar-refractivity contribution is 7.99. The first-order chi connectivity index (χ1) is 9.85. The lowest BCUT2D eigenvalue weighted by atomic mass is 10.1. The molecule has 0 aromatic heterocycles. The first-order valence-electron chi connectivity index (χ1n) is 6.81. The SMILES string of the molecule is CC(C)(C)NCc1cccc(F)c1Sc1ccc(Cl)cc1. The van der Waals surface area contributed by atoms with Gasteiger partial charge in [-0.15, -0.1) is 0 Å². The minimum absolute atomic E-state index is 0.00543. The van der Waals surface area contributed by atoms with Gasteiger partial charge < -0.3 is 5.32 Å². The van der Waals surface area contributed by atoms with Gasteiger partial charge in [0.05, 0.1) is 4.90 Å². The highest BCUT2D eigenvalue weighted by Crippen LogP contribution is 2.33. The lowest BCUT2D eigenvalue weighted by molar-refractivity contribution is 0.421. The maximum atomic E-state index is 14.2. The summed E-state index contributed by atoms with van der Waals surface area (Å²) in [6, 6.07) is 12.6. The summed E-state index contributed by atoms with van der Waals surface area (Å²) in [5.74, 6) is -0.192. The fourth-order valence-electron chi connectivity index (χ4n) is 1.79. The van der Waals surface area contributed by atoms with Crippen molar-refractivity contribution in [3.63, 3.8) is 0 Å². The fourth-order valence-corrected chi connectivity index (χ4v) is 2.86. The van der Waals surface area contributed by atoms with E-state index in [4.69, 9.17) is 11.6 Å². The molecule has 2 aromatic carbocycles. The smallest absolute Gasteiger partial charge is 0.137 e. The van der Waals surface area contributed by atoms with Crippen LogP contribution in [0.2, 0.25) is 5.02 Å². The Morgan fingerprint density at radius 2 is 1.76 bits per heavy atom. The maximum absolute atomic E-state index is 14.2. The third-order valence-electron chi connectivity index (χ3n) is 2.89. The van der Waals surface area contributed by atoms with Crippen LogP contribution in [-0.2, 0) is 6.54 Å². The van der Waals surface area contributed by atoms with Crippen LogP contribution in [0.25, 0.3) is 0 Å². The summed E-state index contributed by atoms with van der Waals surface area (Å²) in [6.45, 7) is 6.92. The molecule has 0 bridgehead atoms. The topological polar surface area (TPSA) is 12.0 Å². The molecule has 0 atom stereocenters. The summed E-state index contributed by atoms with van der Waals surface area (Å²) >= 11 is 7.31. The summed E-state index contributed by atoms with van der Waals surface area (Å²) in [5.41, 5.74) is 0.957. The average molecular weight is 324 g/mol. The summed E-state index contributed by atoms with van der Waals surface area (Å²) in [6.07, 6.45) is 0.